The van der Waals surface area contributed by atoms with Crippen molar-refractivity contribution in [2.45, 2.75) is 38.9 Å². The summed E-state index contributed by atoms with van der Waals surface area (Å²) in [5.74, 6) is 0.491. The molecule has 0 bridgehead atoms. The van der Waals surface area contributed by atoms with E-state index in [2.05, 4.69) is 5.32 Å². The van der Waals surface area contributed by atoms with Crippen LogP contribution in [0.25, 0.3) is 0 Å². The van der Waals surface area contributed by atoms with Crippen molar-refractivity contribution in [2.75, 3.05) is 7.11 Å². The molecule has 0 aliphatic heterocycles. The molecule has 33 heavy (non-hydrogen) atoms. The van der Waals surface area contributed by atoms with Gasteiger partial charge in [-0.2, -0.15) is 0 Å². The molecule has 172 valence electrons. The highest BCUT2D eigenvalue weighted by Crippen LogP contribution is 2.18. The Morgan fingerprint density at radius 1 is 0.909 bits per heavy atom. The van der Waals surface area contributed by atoms with Gasteiger partial charge in [-0.25, -0.2) is 0 Å². The first-order valence-corrected chi connectivity index (χ1v) is 11.4. The summed E-state index contributed by atoms with van der Waals surface area (Å²) in [4.78, 5) is 28.0. The van der Waals surface area contributed by atoms with E-state index in [1.807, 2.05) is 73.7 Å². The van der Waals surface area contributed by atoms with E-state index < -0.39 is 6.04 Å². The van der Waals surface area contributed by atoms with Gasteiger partial charge in [0, 0.05) is 31.0 Å². The lowest BCUT2D eigenvalue weighted by Crippen LogP contribution is -2.50. The quantitative estimate of drug-likeness (QED) is 0.458. The van der Waals surface area contributed by atoms with Crippen LogP contribution in [0.2, 0.25) is 5.02 Å². The van der Waals surface area contributed by atoms with Crippen molar-refractivity contribution in [3.8, 4) is 5.75 Å². The van der Waals surface area contributed by atoms with Crippen LogP contribution in [-0.2, 0) is 29.1 Å². The first kappa shape index (κ1) is 24.3. The van der Waals surface area contributed by atoms with E-state index in [-0.39, 0.29) is 11.8 Å². The number of nitrogens with zero attached hydrogens (tertiary/aromatic N) is 1. The monoisotopic (exact) mass is 464 g/mol. The van der Waals surface area contributed by atoms with Crippen LogP contribution >= 0.6 is 11.6 Å². The SMILES string of the molecule is CCC(=O)N(Cc1ccc(Cl)cc1)C(Cc1ccccc1)C(=O)NCc1ccc(OC)cc1. The number of nitrogens with one attached hydrogen (secondary N) is 1. The number of ether oxygens (including phenoxy) is 1. The van der Waals surface area contributed by atoms with Gasteiger partial charge in [0.1, 0.15) is 11.8 Å². The average molecular weight is 465 g/mol. The molecule has 0 radical (unpaired) electrons. The zero-order chi connectivity index (χ0) is 23.6. The number of rotatable bonds is 10. The molecule has 0 aliphatic carbocycles. The third-order valence-corrected chi connectivity index (χ3v) is 5.72. The van der Waals surface area contributed by atoms with Crippen molar-refractivity contribution in [3.05, 3.63) is 101 Å². The zero-order valence-electron chi connectivity index (χ0n) is 19.0. The predicted molar refractivity (Wildman–Crippen MR) is 131 cm³/mol. The van der Waals surface area contributed by atoms with Gasteiger partial charge in [-0.1, -0.05) is 73.1 Å². The molecule has 1 atom stereocenters. The minimum Gasteiger partial charge on any atom is -0.497 e. The topological polar surface area (TPSA) is 58.6 Å². The highest BCUT2D eigenvalue weighted by atomic mass is 35.5. The summed E-state index contributed by atoms with van der Waals surface area (Å²) in [6.07, 6.45) is 0.735. The standard InChI is InChI=1S/C27H29ClN2O3/c1-3-26(31)30(19-22-9-13-23(28)14-10-22)25(17-20-7-5-4-6-8-20)27(32)29-18-21-11-15-24(33-2)16-12-21/h4-16,25H,3,17-19H2,1-2H3,(H,29,32). The molecule has 2 amide bonds. The van der Waals surface area contributed by atoms with Gasteiger partial charge in [0.15, 0.2) is 0 Å². The number of methoxy groups -OCH3 is 1. The summed E-state index contributed by atoms with van der Waals surface area (Å²) >= 11 is 6.02. The molecule has 0 aromatic heterocycles. The van der Waals surface area contributed by atoms with Crippen LogP contribution in [0.4, 0.5) is 0 Å². The minimum atomic E-state index is -0.645. The molecule has 0 heterocycles. The predicted octanol–water partition coefficient (Wildman–Crippen LogP) is 5.01. The fraction of sp³-hybridized carbons (Fsp3) is 0.259. The third kappa shape index (κ3) is 7.09. The van der Waals surface area contributed by atoms with Crippen molar-refractivity contribution in [3.63, 3.8) is 0 Å². The maximum Gasteiger partial charge on any atom is 0.243 e. The lowest BCUT2D eigenvalue weighted by Gasteiger charge is -2.31. The smallest absolute Gasteiger partial charge is 0.243 e. The van der Waals surface area contributed by atoms with E-state index in [4.69, 9.17) is 16.3 Å². The summed E-state index contributed by atoms with van der Waals surface area (Å²) in [5, 5.41) is 3.65. The van der Waals surface area contributed by atoms with Crippen molar-refractivity contribution < 1.29 is 14.3 Å². The fourth-order valence-electron chi connectivity index (χ4n) is 3.59. The number of benzene rings is 3. The second-order valence-electron chi connectivity index (χ2n) is 7.77. The number of carbonyl (C=O) groups is 2. The van der Waals surface area contributed by atoms with E-state index >= 15 is 0 Å². The van der Waals surface area contributed by atoms with Gasteiger partial charge in [-0.05, 0) is 41.0 Å². The Labute approximate surface area is 200 Å². The Balaban J connectivity index is 1.83. The van der Waals surface area contributed by atoms with Gasteiger partial charge in [-0.3, -0.25) is 9.59 Å². The molecule has 5 nitrogen and oxygen atoms in total. The Kier molecular flexibility index (Phi) is 8.90. The zero-order valence-corrected chi connectivity index (χ0v) is 19.7. The first-order valence-electron chi connectivity index (χ1n) is 11.0. The summed E-state index contributed by atoms with van der Waals surface area (Å²) in [5.41, 5.74) is 2.86. The number of amides is 2. The van der Waals surface area contributed by atoms with Crippen LogP contribution in [0.5, 0.6) is 5.75 Å². The summed E-state index contributed by atoms with van der Waals surface area (Å²) in [7, 11) is 1.62. The molecule has 1 N–H and O–H groups in total. The minimum absolute atomic E-state index is 0.0783. The number of carbonyl (C=O) groups excluding carboxylic acids is 2. The Morgan fingerprint density at radius 3 is 2.15 bits per heavy atom. The maximum atomic E-state index is 13.4. The molecule has 0 aliphatic rings. The van der Waals surface area contributed by atoms with Gasteiger partial charge in [-0.15, -0.1) is 0 Å². The second-order valence-corrected chi connectivity index (χ2v) is 8.21. The molecule has 0 spiro atoms. The van der Waals surface area contributed by atoms with Gasteiger partial charge in [0.05, 0.1) is 7.11 Å². The summed E-state index contributed by atoms with van der Waals surface area (Å²) in [6, 6.07) is 24.0. The number of halogens is 1. The molecule has 3 aromatic rings. The molecule has 0 saturated carbocycles. The molecule has 3 aromatic carbocycles. The summed E-state index contributed by atoms with van der Waals surface area (Å²) < 4.78 is 5.19. The van der Waals surface area contributed by atoms with Crippen molar-refractivity contribution >= 4 is 23.4 Å². The van der Waals surface area contributed by atoms with Crippen LogP contribution in [0, 0.1) is 0 Å². The van der Waals surface area contributed by atoms with Gasteiger partial charge < -0.3 is 15.0 Å². The van der Waals surface area contributed by atoms with Crippen LogP contribution in [0.1, 0.15) is 30.0 Å². The van der Waals surface area contributed by atoms with E-state index in [1.165, 1.54) is 0 Å². The van der Waals surface area contributed by atoms with Crippen LogP contribution in [-0.4, -0.2) is 29.9 Å². The highest BCUT2D eigenvalue weighted by Gasteiger charge is 2.29. The van der Waals surface area contributed by atoms with E-state index in [0.717, 1.165) is 22.4 Å². The molecule has 6 heteroatoms. The van der Waals surface area contributed by atoms with Crippen LogP contribution in [0.15, 0.2) is 78.9 Å². The number of hydrogen-bond acceptors (Lipinski definition) is 3. The summed E-state index contributed by atoms with van der Waals surface area (Å²) in [6.45, 7) is 2.51. The molecular weight excluding hydrogens is 436 g/mol. The molecule has 3 rings (SSSR count). The second kappa shape index (κ2) is 12.1. The third-order valence-electron chi connectivity index (χ3n) is 5.47. The van der Waals surface area contributed by atoms with Crippen LogP contribution in [0.3, 0.4) is 0 Å². The maximum absolute atomic E-state index is 13.4. The van der Waals surface area contributed by atoms with Crippen molar-refractivity contribution in [1.29, 1.82) is 0 Å². The van der Waals surface area contributed by atoms with Gasteiger partial charge in [0.25, 0.3) is 0 Å². The van der Waals surface area contributed by atoms with Gasteiger partial charge in [0.2, 0.25) is 11.8 Å². The molecule has 0 saturated heterocycles. The van der Waals surface area contributed by atoms with E-state index in [9.17, 15) is 9.59 Å². The molecule has 0 fully saturated rings. The lowest BCUT2D eigenvalue weighted by molar-refractivity contribution is -0.141. The van der Waals surface area contributed by atoms with Crippen molar-refractivity contribution in [2.24, 2.45) is 0 Å². The van der Waals surface area contributed by atoms with Crippen molar-refractivity contribution in [1.82, 2.24) is 10.2 Å². The Bertz CT molecular complexity index is 1040. The first-order chi connectivity index (χ1) is 16.0. The fourth-order valence-corrected chi connectivity index (χ4v) is 3.72. The Hall–Kier alpha value is -3.31. The average Bonchev–Trinajstić information content (AvgIpc) is 2.86. The number of hydrogen-bond donors (Lipinski definition) is 1. The highest BCUT2D eigenvalue weighted by molar-refractivity contribution is 6.30. The Morgan fingerprint density at radius 2 is 1.55 bits per heavy atom. The lowest BCUT2D eigenvalue weighted by atomic mass is 10.0. The van der Waals surface area contributed by atoms with E-state index in [0.29, 0.717) is 31.0 Å². The van der Waals surface area contributed by atoms with E-state index in [1.54, 1.807) is 24.1 Å². The van der Waals surface area contributed by atoms with Gasteiger partial charge >= 0.3 is 0 Å². The molecular formula is C27H29ClN2O3. The normalized spacial score (nSPS) is 11.5. The van der Waals surface area contributed by atoms with Crippen LogP contribution < -0.4 is 10.1 Å². The molecule has 1 unspecified atom stereocenters. The largest absolute Gasteiger partial charge is 0.497 e.